The molecule has 3 nitrogen and oxygen atoms in total. The molecule has 1 saturated heterocycles. The third-order valence-corrected chi connectivity index (χ3v) is 4.09. The first-order valence-electron chi connectivity index (χ1n) is 7.22. The van der Waals surface area contributed by atoms with Crippen LogP contribution in [0.25, 0.3) is 0 Å². The lowest BCUT2D eigenvalue weighted by atomic mass is 10.0. The first-order chi connectivity index (χ1) is 9.15. The summed E-state index contributed by atoms with van der Waals surface area (Å²) in [5, 5.41) is 3.58. The van der Waals surface area contributed by atoms with Crippen molar-refractivity contribution >= 4 is 15.9 Å². The molecule has 0 aliphatic carbocycles. The van der Waals surface area contributed by atoms with E-state index >= 15 is 0 Å². The number of piperidine rings is 1. The number of hydrogen-bond donors (Lipinski definition) is 1. The monoisotopic (exact) mass is 325 g/mol. The Balaban J connectivity index is 1.95. The molecular weight excluding hydrogens is 302 g/mol. The second kappa shape index (κ2) is 7.36. The predicted molar refractivity (Wildman–Crippen MR) is 83.1 cm³/mol. The molecule has 0 radical (unpaired) electrons. The lowest BCUT2D eigenvalue weighted by molar-refractivity contribution is 0.135. The summed E-state index contributed by atoms with van der Waals surface area (Å²) in [5.74, 6) is 0. The highest BCUT2D eigenvalue weighted by Gasteiger charge is 2.22. The van der Waals surface area contributed by atoms with E-state index in [1.807, 2.05) is 12.4 Å². The van der Waals surface area contributed by atoms with E-state index in [1.165, 1.54) is 31.4 Å². The summed E-state index contributed by atoms with van der Waals surface area (Å²) >= 11 is 3.50. The minimum Gasteiger partial charge on any atom is -0.313 e. The van der Waals surface area contributed by atoms with E-state index in [4.69, 9.17) is 0 Å². The van der Waals surface area contributed by atoms with Crippen LogP contribution in [0.2, 0.25) is 0 Å². The van der Waals surface area contributed by atoms with Gasteiger partial charge in [0.15, 0.2) is 0 Å². The molecule has 1 fully saturated rings. The van der Waals surface area contributed by atoms with Gasteiger partial charge in [0.2, 0.25) is 0 Å². The molecule has 1 atom stereocenters. The van der Waals surface area contributed by atoms with Crippen LogP contribution in [0.4, 0.5) is 0 Å². The van der Waals surface area contributed by atoms with E-state index in [9.17, 15) is 0 Å². The standard InChI is InChI=1S/C15H24BrN3/c1-12(2)18-10-15-5-3-4-6-19(15)11-13-7-14(16)9-17-8-13/h7-9,12,15,18H,3-6,10-11H2,1-2H3. The lowest BCUT2D eigenvalue weighted by Gasteiger charge is -2.36. The summed E-state index contributed by atoms with van der Waals surface area (Å²) in [6, 6.07) is 3.40. The average Bonchev–Trinajstić information content (AvgIpc) is 2.38. The van der Waals surface area contributed by atoms with Crippen LogP contribution < -0.4 is 5.32 Å². The Hall–Kier alpha value is -0.450. The molecule has 2 heterocycles. The van der Waals surface area contributed by atoms with Crippen LogP contribution in [-0.2, 0) is 6.54 Å². The van der Waals surface area contributed by atoms with Crippen molar-refractivity contribution in [3.8, 4) is 0 Å². The summed E-state index contributed by atoms with van der Waals surface area (Å²) in [6.45, 7) is 7.74. The zero-order chi connectivity index (χ0) is 13.7. The molecule has 19 heavy (non-hydrogen) atoms. The van der Waals surface area contributed by atoms with E-state index in [2.05, 4.69) is 51.0 Å². The maximum absolute atomic E-state index is 4.26. The number of likely N-dealkylation sites (tertiary alicyclic amines) is 1. The van der Waals surface area contributed by atoms with Crippen molar-refractivity contribution in [3.05, 3.63) is 28.5 Å². The molecule has 1 aliphatic heterocycles. The molecule has 0 bridgehead atoms. The molecule has 0 aromatic carbocycles. The number of hydrogen-bond acceptors (Lipinski definition) is 3. The van der Waals surface area contributed by atoms with Crippen molar-refractivity contribution in [2.24, 2.45) is 0 Å². The molecule has 4 heteroatoms. The highest BCUT2D eigenvalue weighted by molar-refractivity contribution is 9.10. The molecule has 1 aromatic heterocycles. The number of aromatic nitrogens is 1. The number of rotatable bonds is 5. The van der Waals surface area contributed by atoms with Crippen molar-refractivity contribution in [2.75, 3.05) is 13.1 Å². The molecule has 1 unspecified atom stereocenters. The second-order valence-electron chi connectivity index (χ2n) is 5.69. The quantitative estimate of drug-likeness (QED) is 0.901. The van der Waals surface area contributed by atoms with Crippen LogP contribution in [0, 0.1) is 0 Å². The molecule has 106 valence electrons. The van der Waals surface area contributed by atoms with Gasteiger partial charge in [0.25, 0.3) is 0 Å². The minimum absolute atomic E-state index is 0.566. The Labute approximate surface area is 124 Å². The van der Waals surface area contributed by atoms with Gasteiger partial charge in [-0.25, -0.2) is 0 Å². The predicted octanol–water partition coefficient (Wildman–Crippen LogP) is 3.20. The average molecular weight is 326 g/mol. The van der Waals surface area contributed by atoms with Crippen LogP contribution >= 0.6 is 15.9 Å². The van der Waals surface area contributed by atoms with Gasteiger partial charge in [-0.3, -0.25) is 9.88 Å². The zero-order valence-electron chi connectivity index (χ0n) is 11.9. The van der Waals surface area contributed by atoms with Crippen LogP contribution in [0.15, 0.2) is 22.9 Å². The van der Waals surface area contributed by atoms with Crippen molar-refractivity contribution in [1.29, 1.82) is 0 Å². The number of halogens is 1. The Morgan fingerprint density at radius 2 is 2.26 bits per heavy atom. The van der Waals surface area contributed by atoms with Gasteiger partial charge < -0.3 is 5.32 Å². The Morgan fingerprint density at radius 1 is 1.42 bits per heavy atom. The smallest absolute Gasteiger partial charge is 0.0410 e. The topological polar surface area (TPSA) is 28.2 Å². The van der Waals surface area contributed by atoms with Crippen LogP contribution in [0.3, 0.4) is 0 Å². The summed E-state index contributed by atoms with van der Waals surface area (Å²) in [7, 11) is 0. The first-order valence-corrected chi connectivity index (χ1v) is 8.01. The van der Waals surface area contributed by atoms with Crippen LogP contribution in [0.1, 0.15) is 38.7 Å². The summed E-state index contributed by atoms with van der Waals surface area (Å²) in [6.07, 6.45) is 7.81. The van der Waals surface area contributed by atoms with Crippen molar-refractivity contribution in [3.63, 3.8) is 0 Å². The third-order valence-electron chi connectivity index (χ3n) is 3.66. The van der Waals surface area contributed by atoms with Gasteiger partial charge in [0.1, 0.15) is 0 Å². The van der Waals surface area contributed by atoms with Crippen molar-refractivity contribution in [1.82, 2.24) is 15.2 Å². The SMILES string of the molecule is CC(C)NCC1CCCCN1Cc1cncc(Br)c1. The Bertz CT molecular complexity index is 395. The Kier molecular flexibility index (Phi) is 5.79. The van der Waals surface area contributed by atoms with Gasteiger partial charge >= 0.3 is 0 Å². The fourth-order valence-corrected chi connectivity index (χ4v) is 3.06. The van der Waals surface area contributed by atoms with Gasteiger partial charge in [-0.2, -0.15) is 0 Å². The number of nitrogens with zero attached hydrogens (tertiary/aromatic N) is 2. The fourth-order valence-electron chi connectivity index (χ4n) is 2.65. The molecule has 0 amide bonds. The first kappa shape index (κ1) is 14.9. The van der Waals surface area contributed by atoms with E-state index in [0.717, 1.165) is 17.6 Å². The molecule has 0 saturated carbocycles. The molecule has 0 spiro atoms. The van der Waals surface area contributed by atoms with Crippen LogP contribution in [0.5, 0.6) is 0 Å². The molecule has 2 rings (SSSR count). The van der Waals surface area contributed by atoms with Gasteiger partial charge in [0, 0.05) is 42.0 Å². The molecule has 1 N–H and O–H groups in total. The Morgan fingerprint density at radius 3 is 3.00 bits per heavy atom. The number of pyridine rings is 1. The summed E-state index contributed by atoms with van der Waals surface area (Å²) in [5.41, 5.74) is 1.30. The van der Waals surface area contributed by atoms with Gasteiger partial charge in [-0.1, -0.05) is 20.3 Å². The van der Waals surface area contributed by atoms with Gasteiger partial charge in [-0.05, 0) is 46.9 Å². The highest BCUT2D eigenvalue weighted by Crippen LogP contribution is 2.20. The van der Waals surface area contributed by atoms with E-state index in [-0.39, 0.29) is 0 Å². The van der Waals surface area contributed by atoms with Gasteiger partial charge in [0.05, 0.1) is 0 Å². The van der Waals surface area contributed by atoms with E-state index in [1.54, 1.807) is 0 Å². The van der Waals surface area contributed by atoms with Crippen LogP contribution in [-0.4, -0.2) is 35.1 Å². The molecule has 1 aliphatic rings. The molecule has 1 aromatic rings. The third kappa shape index (κ3) is 4.86. The fraction of sp³-hybridized carbons (Fsp3) is 0.667. The number of nitrogens with one attached hydrogen (secondary N) is 1. The second-order valence-corrected chi connectivity index (χ2v) is 6.61. The zero-order valence-corrected chi connectivity index (χ0v) is 13.5. The molecular formula is C15H24BrN3. The lowest BCUT2D eigenvalue weighted by Crippen LogP contribution is -2.46. The maximum atomic E-state index is 4.26. The normalized spacial score (nSPS) is 20.9. The van der Waals surface area contributed by atoms with E-state index < -0.39 is 0 Å². The van der Waals surface area contributed by atoms with Gasteiger partial charge in [-0.15, -0.1) is 0 Å². The maximum Gasteiger partial charge on any atom is 0.0410 e. The highest BCUT2D eigenvalue weighted by atomic mass is 79.9. The van der Waals surface area contributed by atoms with Crippen molar-refractivity contribution < 1.29 is 0 Å². The summed E-state index contributed by atoms with van der Waals surface area (Å²) < 4.78 is 1.07. The van der Waals surface area contributed by atoms with E-state index in [0.29, 0.717) is 12.1 Å². The van der Waals surface area contributed by atoms with Crippen molar-refractivity contribution in [2.45, 2.75) is 51.7 Å². The summed E-state index contributed by atoms with van der Waals surface area (Å²) in [4.78, 5) is 6.86. The largest absolute Gasteiger partial charge is 0.313 e. The minimum atomic E-state index is 0.566.